The van der Waals surface area contributed by atoms with Gasteiger partial charge in [0.2, 0.25) is 0 Å². The Morgan fingerprint density at radius 1 is 1.43 bits per heavy atom. The Kier molecular flexibility index (Phi) is 4.01. The summed E-state index contributed by atoms with van der Waals surface area (Å²) in [7, 11) is 0. The van der Waals surface area contributed by atoms with Crippen molar-refractivity contribution in [1.29, 1.82) is 0 Å². The van der Waals surface area contributed by atoms with Crippen LogP contribution < -0.4 is 5.73 Å². The van der Waals surface area contributed by atoms with E-state index in [9.17, 15) is 8.78 Å². The molecule has 1 nitrogen and oxygen atoms in total. The standard InChI is InChI=1S/C10H12BrF2N/c1-6(4-5-14)7-2-3-8(12)9(11)10(7)13/h2-3,6H,4-5,14H2,1H3. The van der Waals surface area contributed by atoms with Crippen molar-refractivity contribution in [1.82, 2.24) is 0 Å². The van der Waals surface area contributed by atoms with Gasteiger partial charge in [-0.15, -0.1) is 0 Å². The zero-order chi connectivity index (χ0) is 10.7. The average Bonchev–Trinajstić information content (AvgIpc) is 2.15. The van der Waals surface area contributed by atoms with E-state index >= 15 is 0 Å². The molecule has 0 aliphatic rings. The lowest BCUT2D eigenvalue weighted by Gasteiger charge is -2.12. The van der Waals surface area contributed by atoms with Crippen LogP contribution in [0.25, 0.3) is 0 Å². The molecule has 1 aromatic carbocycles. The minimum Gasteiger partial charge on any atom is -0.330 e. The van der Waals surface area contributed by atoms with Crippen LogP contribution in [0.4, 0.5) is 8.78 Å². The van der Waals surface area contributed by atoms with Crippen molar-refractivity contribution in [2.75, 3.05) is 6.54 Å². The molecule has 1 aromatic rings. The van der Waals surface area contributed by atoms with E-state index < -0.39 is 11.6 Å². The third-order valence-electron chi connectivity index (χ3n) is 2.20. The van der Waals surface area contributed by atoms with E-state index in [0.29, 0.717) is 18.5 Å². The predicted molar refractivity (Wildman–Crippen MR) is 56.1 cm³/mol. The minimum absolute atomic E-state index is 0.0110. The van der Waals surface area contributed by atoms with Gasteiger partial charge in [0, 0.05) is 0 Å². The first kappa shape index (κ1) is 11.6. The summed E-state index contributed by atoms with van der Waals surface area (Å²) in [5, 5.41) is 0. The van der Waals surface area contributed by atoms with Crippen LogP contribution in [0.1, 0.15) is 24.8 Å². The highest BCUT2D eigenvalue weighted by Gasteiger charge is 2.15. The summed E-state index contributed by atoms with van der Waals surface area (Å²) in [4.78, 5) is 0. The molecular formula is C10H12BrF2N. The maximum absolute atomic E-state index is 13.5. The van der Waals surface area contributed by atoms with E-state index in [1.54, 1.807) is 0 Å². The molecule has 0 aliphatic carbocycles. The van der Waals surface area contributed by atoms with E-state index in [-0.39, 0.29) is 10.4 Å². The third kappa shape index (κ3) is 2.30. The van der Waals surface area contributed by atoms with Crippen molar-refractivity contribution in [3.63, 3.8) is 0 Å². The number of hydrogen-bond donors (Lipinski definition) is 1. The molecule has 0 amide bonds. The molecule has 0 fully saturated rings. The molecule has 4 heteroatoms. The molecule has 2 N–H and O–H groups in total. The maximum Gasteiger partial charge on any atom is 0.143 e. The zero-order valence-corrected chi connectivity index (χ0v) is 9.44. The Balaban J connectivity index is 3.04. The molecule has 0 saturated carbocycles. The monoisotopic (exact) mass is 263 g/mol. The first-order valence-electron chi connectivity index (χ1n) is 4.41. The molecule has 0 aromatic heterocycles. The molecule has 1 rings (SSSR count). The molecule has 78 valence electrons. The van der Waals surface area contributed by atoms with Crippen molar-refractivity contribution in [2.45, 2.75) is 19.3 Å². The smallest absolute Gasteiger partial charge is 0.143 e. The highest BCUT2D eigenvalue weighted by atomic mass is 79.9. The number of hydrogen-bond acceptors (Lipinski definition) is 1. The van der Waals surface area contributed by atoms with E-state index in [1.165, 1.54) is 12.1 Å². The highest BCUT2D eigenvalue weighted by molar-refractivity contribution is 9.10. The topological polar surface area (TPSA) is 26.0 Å². The summed E-state index contributed by atoms with van der Waals surface area (Å²) in [5.74, 6) is -1.09. The summed E-state index contributed by atoms with van der Waals surface area (Å²) in [6, 6.07) is 2.73. The van der Waals surface area contributed by atoms with Crippen LogP contribution in [-0.2, 0) is 0 Å². The summed E-state index contributed by atoms with van der Waals surface area (Å²) >= 11 is 2.87. The lowest BCUT2D eigenvalue weighted by atomic mass is 9.97. The maximum atomic E-state index is 13.5. The molecule has 0 spiro atoms. The Bertz CT molecular complexity index is 328. The predicted octanol–water partition coefficient (Wildman–Crippen LogP) is 3.18. The normalized spacial score (nSPS) is 12.9. The molecule has 0 aliphatic heterocycles. The first-order valence-corrected chi connectivity index (χ1v) is 5.20. The minimum atomic E-state index is -0.578. The van der Waals surface area contributed by atoms with Gasteiger partial charge in [0.05, 0.1) is 4.47 Å². The van der Waals surface area contributed by atoms with Gasteiger partial charge in [0.25, 0.3) is 0 Å². The highest BCUT2D eigenvalue weighted by Crippen LogP contribution is 2.28. The fraction of sp³-hybridized carbons (Fsp3) is 0.400. The molecular weight excluding hydrogens is 252 g/mol. The van der Waals surface area contributed by atoms with Gasteiger partial charge in [-0.25, -0.2) is 8.78 Å². The van der Waals surface area contributed by atoms with Gasteiger partial charge in [0.1, 0.15) is 11.6 Å². The second-order valence-corrected chi connectivity index (χ2v) is 4.04. The fourth-order valence-corrected chi connectivity index (χ4v) is 1.69. The Labute approximate surface area is 90.4 Å². The van der Waals surface area contributed by atoms with E-state index in [0.717, 1.165) is 0 Å². The number of halogens is 3. The summed E-state index contributed by atoms with van der Waals surface area (Å²) < 4.78 is 26.3. The lowest BCUT2D eigenvalue weighted by molar-refractivity contribution is 0.543. The Morgan fingerprint density at radius 2 is 2.07 bits per heavy atom. The van der Waals surface area contributed by atoms with Crippen LogP contribution in [0.15, 0.2) is 16.6 Å². The van der Waals surface area contributed by atoms with E-state index in [2.05, 4.69) is 15.9 Å². The lowest BCUT2D eigenvalue weighted by Crippen LogP contribution is -2.06. The van der Waals surface area contributed by atoms with Gasteiger partial charge in [0.15, 0.2) is 0 Å². The second kappa shape index (κ2) is 4.84. The summed E-state index contributed by atoms with van der Waals surface area (Å²) in [6.45, 7) is 2.37. The van der Waals surface area contributed by atoms with Crippen LogP contribution in [0.3, 0.4) is 0 Å². The van der Waals surface area contributed by atoms with Gasteiger partial charge in [-0.1, -0.05) is 13.0 Å². The van der Waals surface area contributed by atoms with Crippen molar-refractivity contribution in [3.05, 3.63) is 33.8 Å². The van der Waals surface area contributed by atoms with Crippen LogP contribution >= 0.6 is 15.9 Å². The van der Waals surface area contributed by atoms with Crippen molar-refractivity contribution >= 4 is 15.9 Å². The van der Waals surface area contributed by atoms with Crippen molar-refractivity contribution in [2.24, 2.45) is 5.73 Å². The van der Waals surface area contributed by atoms with Crippen LogP contribution in [0.5, 0.6) is 0 Å². The second-order valence-electron chi connectivity index (χ2n) is 3.24. The molecule has 1 unspecified atom stereocenters. The molecule has 0 heterocycles. The van der Waals surface area contributed by atoms with E-state index in [4.69, 9.17) is 5.73 Å². The molecule has 0 bridgehead atoms. The number of nitrogens with two attached hydrogens (primary N) is 1. The number of rotatable bonds is 3. The Hall–Kier alpha value is -0.480. The molecule has 1 atom stereocenters. The zero-order valence-electron chi connectivity index (χ0n) is 7.86. The largest absolute Gasteiger partial charge is 0.330 e. The third-order valence-corrected chi connectivity index (χ3v) is 2.92. The van der Waals surface area contributed by atoms with Gasteiger partial charge in [-0.3, -0.25) is 0 Å². The Morgan fingerprint density at radius 3 is 2.64 bits per heavy atom. The van der Waals surface area contributed by atoms with Crippen molar-refractivity contribution in [3.8, 4) is 0 Å². The van der Waals surface area contributed by atoms with Crippen LogP contribution in [-0.4, -0.2) is 6.54 Å². The van der Waals surface area contributed by atoms with E-state index in [1.807, 2.05) is 6.92 Å². The summed E-state index contributed by atoms with van der Waals surface area (Å²) in [5.41, 5.74) is 5.88. The van der Waals surface area contributed by atoms with Gasteiger partial charge in [-0.2, -0.15) is 0 Å². The molecule has 14 heavy (non-hydrogen) atoms. The number of benzene rings is 1. The summed E-state index contributed by atoms with van der Waals surface area (Å²) in [6.07, 6.45) is 0.689. The fourth-order valence-electron chi connectivity index (χ4n) is 1.33. The molecule has 0 saturated heterocycles. The van der Waals surface area contributed by atoms with Crippen LogP contribution in [0, 0.1) is 11.6 Å². The SMILES string of the molecule is CC(CCN)c1ccc(F)c(Br)c1F. The van der Waals surface area contributed by atoms with Gasteiger partial charge < -0.3 is 5.73 Å². The van der Waals surface area contributed by atoms with Crippen LogP contribution in [0.2, 0.25) is 0 Å². The first-order chi connectivity index (χ1) is 6.57. The average molecular weight is 264 g/mol. The quantitative estimate of drug-likeness (QED) is 0.833. The van der Waals surface area contributed by atoms with Crippen molar-refractivity contribution < 1.29 is 8.78 Å². The van der Waals surface area contributed by atoms with Gasteiger partial charge >= 0.3 is 0 Å². The van der Waals surface area contributed by atoms with Gasteiger partial charge in [-0.05, 0) is 46.4 Å². The molecule has 0 radical (unpaired) electrons.